The average molecular weight is 112 g/mol. The van der Waals surface area contributed by atoms with E-state index in [1.807, 2.05) is 0 Å². The molecule has 0 heterocycles. The van der Waals surface area contributed by atoms with Gasteiger partial charge >= 0.3 is 45.6 Å². The summed E-state index contributed by atoms with van der Waals surface area (Å²) >= 11 is 0. The van der Waals surface area contributed by atoms with Gasteiger partial charge in [-0.05, 0) is 0 Å². The molecule has 0 aromatic heterocycles. The Kier molecular flexibility index (Phi) is 4.15. The second-order valence-electron chi connectivity index (χ2n) is 0.753. The van der Waals surface area contributed by atoms with Gasteiger partial charge in [-0.25, -0.2) is 0 Å². The molecule has 0 spiro atoms. The van der Waals surface area contributed by atoms with Crippen molar-refractivity contribution in [3.8, 4) is 0 Å². The quantitative estimate of drug-likeness (QED) is 0.370. The topological polar surface area (TPSA) is 75.7 Å². The second kappa shape index (κ2) is 4.51. The molecule has 0 saturated heterocycles. The van der Waals surface area contributed by atoms with Crippen LogP contribution in [-0.4, -0.2) is 22.0 Å². The van der Waals surface area contributed by atoms with Crippen molar-refractivity contribution >= 4 is 22.0 Å². The molecule has 8 heavy (non-hydrogen) atoms. The van der Waals surface area contributed by atoms with E-state index in [4.69, 9.17) is 0 Å². The standard InChI is InChI=1S/B3O5/c4-1-7-3(6)8-2-5/q-1. The fourth-order valence-electron chi connectivity index (χ4n) is 0.123. The molecule has 40 valence electrons. The van der Waals surface area contributed by atoms with Crippen LogP contribution >= 0.6 is 0 Å². The predicted molar refractivity (Wildman–Crippen MR) is 20.8 cm³/mol. The van der Waals surface area contributed by atoms with Crippen LogP contribution in [0.15, 0.2) is 0 Å². The zero-order valence-electron chi connectivity index (χ0n) is 3.77. The molecule has 8 heteroatoms. The summed E-state index contributed by atoms with van der Waals surface area (Å²) in [5.41, 5.74) is 0. The van der Waals surface area contributed by atoms with Crippen molar-refractivity contribution in [3.05, 3.63) is 0 Å². The summed E-state index contributed by atoms with van der Waals surface area (Å²) in [4.78, 5) is 0. The summed E-state index contributed by atoms with van der Waals surface area (Å²) in [5.74, 6) is 0. The van der Waals surface area contributed by atoms with Gasteiger partial charge in [0.15, 0.2) is 0 Å². The first-order valence-electron chi connectivity index (χ1n) is 1.65. The zero-order valence-corrected chi connectivity index (χ0v) is 3.77. The Bertz CT molecular complexity index is 69.7. The molecular weight excluding hydrogens is 112 g/mol. The van der Waals surface area contributed by atoms with Crippen molar-refractivity contribution in [1.29, 1.82) is 0 Å². The van der Waals surface area contributed by atoms with E-state index in [0.717, 1.165) is 0 Å². The fourth-order valence-corrected chi connectivity index (χ4v) is 0.123. The maximum absolute atomic E-state index is 9.82. The van der Waals surface area contributed by atoms with Crippen molar-refractivity contribution in [2.24, 2.45) is 0 Å². The van der Waals surface area contributed by atoms with E-state index < -0.39 is 7.32 Å². The van der Waals surface area contributed by atoms with E-state index in [2.05, 4.69) is 9.14 Å². The Balaban J connectivity index is 3.16. The molecule has 0 aliphatic carbocycles. The number of rotatable bonds is 4. The third kappa shape index (κ3) is 3.54. The molecule has 0 N–H and O–H groups in total. The molecule has 5 nitrogen and oxygen atoms in total. The summed E-state index contributed by atoms with van der Waals surface area (Å²) in [6.07, 6.45) is 0. The van der Waals surface area contributed by atoms with E-state index in [1.54, 1.807) is 0 Å². The van der Waals surface area contributed by atoms with Gasteiger partial charge in [-0.15, -0.1) is 0 Å². The molecule has 0 rings (SSSR count). The fraction of sp³-hybridized carbons (Fsp3) is 0. The van der Waals surface area contributed by atoms with Crippen LogP contribution in [0.4, 0.5) is 0 Å². The third-order valence-corrected chi connectivity index (χ3v) is 0.333. The van der Waals surface area contributed by atoms with Gasteiger partial charge < -0.3 is 0 Å². The molecule has 0 amide bonds. The maximum atomic E-state index is 9.82. The molecule has 0 aliphatic heterocycles. The van der Waals surface area contributed by atoms with Crippen molar-refractivity contribution in [2.75, 3.05) is 0 Å². The summed E-state index contributed by atoms with van der Waals surface area (Å²) in [6.45, 7) is 0. The van der Waals surface area contributed by atoms with Crippen LogP contribution in [0.5, 0.6) is 0 Å². The summed E-state index contributed by atoms with van der Waals surface area (Å²) < 4.78 is 25.7. The van der Waals surface area contributed by atoms with E-state index in [0.29, 0.717) is 0 Å². The van der Waals surface area contributed by atoms with Crippen LogP contribution in [0.2, 0.25) is 0 Å². The van der Waals surface area contributed by atoms with Gasteiger partial charge in [-0.1, -0.05) is 0 Å². The molecule has 0 radical (unpaired) electrons. The van der Waals surface area contributed by atoms with Crippen molar-refractivity contribution in [1.82, 2.24) is 0 Å². The van der Waals surface area contributed by atoms with Crippen LogP contribution in [0.3, 0.4) is 0 Å². The zero-order chi connectivity index (χ0) is 6.41. The van der Waals surface area contributed by atoms with Gasteiger partial charge in [-0.3, -0.25) is 0 Å². The van der Waals surface area contributed by atoms with Crippen LogP contribution in [0.1, 0.15) is 0 Å². The number of hydrogen-bond acceptors (Lipinski definition) is 5. The Morgan fingerprint density at radius 2 is 1.62 bits per heavy atom. The SMILES string of the molecule is O=BOB([O-])OB=O. The predicted octanol–water partition coefficient (Wildman–Crippen LogP) is -2.71. The van der Waals surface area contributed by atoms with E-state index in [1.165, 1.54) is 0 Å². The Morgan fingerprint density at radius 1 is 1.25 bits per heavy atom. The van der Waals surface area contributed by atoms with Crippen LogP contribution in [0, 0.1) is 0 Å². The molecule has 0 aromatic carbocycles. The summed E-state index contributed by atoms with van der Waals surface area (Å²) in [7, 11) is -2.22. The Hall–Kier alpha value is -0.645. The molecule has 0 atom stereocenters. The molecule has 0 aromatic rings. The van der Waals surface area contributed by atoms with Gasteiger partial charge in [0.05, 0.1) is 0 Å². The van der Waals surface area contributed by atoms with Crippen LogP contribution in [0.25, 0.3) is 0 Å². The molecular formula is B3O5-. The van der Waals surface area contributed by atoms with Gasteiger partial charge in [0.2, 0.25) is 0 Å². The van der Waals surface area contributed by atoms with E-state index >= 15 is 0 Å². The molecule has 0 bridgehead atoms. The average Bonchev–Trinajstić information content (AvgIpc) is 1.68. The Labute approximate surface area is 46.7 Å². The van der Waals surface area contributed by atoms with E-state index in [-0.39, 0.29) is 14.7 Å². The van der Waals surface area contributed by atoms with E-state index in [9.17, 15) is 14.4 Å². The minimum absolute atomic E-state index is 0.0961. The minimum atomic E-state index is -2.02. The normalized spacial score (nSPS) is 6.12. The summed E-state index contributed by atoms with van der Waals surface area (Å²) in [6, 6.07) is 0. The molecule has 0 saturated carbocycles. The van der Waals surface area contributed by atoms with Gasteiger partial charge in [0, 0.05) is 0 Å². The monoisotopic (exact) mass is 113 g/mol. The molecule has 0 fully saturated rings. The first kappa shape index (κ1) is 7.35. The molecule has 0 unspecified atom stereocenters. The van der Waals surface area contributed by atoms with Crippen LogP contribution < -0.4 is 5.02 Å². The van der Waals surface area contributed by atoms with Gasteiger partial charge in [0.25, 0.3) is 0 Å². The third-order valence-electron chi connectivity index (χ3n) is 0.333. The van der Waals surface area contributed by atoms with Gasteiger partial charge in [-0.2, -0.15) is 0 Å². The van der Waals surface area contributed by atoms with Crippen LogP contribution in [-0.2, 0) is 18.6 Å². The van der Waals surface area contributed by atoms with Crippen molar-refractivity contribution in [3.63, 3.8) is 0 Å². The van der Waals surface area contributed by atoms with Gasteiger partial charge in [0.1, 0.15) is 0 Å². The first-order valence-corrected chi connectivity index (χ1v) is 1.65. The second-order valence-corrected chi connectivity index (χ2v) is 0.753. The number of hydrogen-bond donors (Lipinski definition) is 0. The molecule has 0 aliphatic rings. The van der Waals surface area contributed by atoms with Crippen molar-refractivity contribution < 1.29 is 23.6 Å². The first-order chi connectivity index (χ1) is 3.81. The van der Waals surface area contributed by atoms with Crippen molar-refractivity contribution in [2.45, 2.75) is 0 Å². The summed E-state index contributed by atoms with van der Waals surface area (Å²) in [5, 5.41) is 9.82. The Morgan fingerprint density at radius 3 is 1.88 bits per heavy atom.